The lowest BCUT2D eigenvalue weighted by Crippen LogP contribution is -1.96. The molecular formula is C9H12ClN3. The van der Waals surface area contributed by atoms with Crippen molar-refractivity contribution in [2.45, 2.75) is 6.42 Å². The van der Waals surface area contributed by atoms with Gasteiger partial charge in [-0.3, -0.25) is 4.98 Å². The lowest BCUT2D eigenvalue weighted by molar-refractivity contribution is 1.01. The van der Waals surface area contributed by atoms with Gasteiger partial charge in [-0.2, -0.15) is 0 Å². The van der Waals surface area contributed by atoms with Gasteiger partial charge >= 0.3 is 0 Å². The SMILES string of the molecule is NCCC=Cc1ncc(Cl)cc1N. The standard InChI is InChI=1S/C9H12ClN3/c10-7-5-8(12)9(13-6-7)3-1-2-4-11/h1,3,5-6H,2,4,11-12H2. The number of pyridine rings is 1. The largest absolute Gasteiger partial charge is 0.397 e. The number of aromatic nitrogens is 1. The third kappa shape index (κ3) is 3.05. The molecule has 1 heterocycles. The fourth-order valence-electron chi connectivity index (χ4n) is 0.896. The zero-order chi connectivity index (χ0) is 9.68. The Balaban J connectivity index is 2.77. The molecule has 3 nitrogen and oxygen atoms in total. The van der Waals surface area contributed by atoms with Crippen LogP contribution in [-0.4, -0.2) is 11.5 Å². The number of nitrogens with two attached hydrogens (primary N) is 2. The van der Waals surface area contributed by atoms with E-state index in [1.165, 1.54) is 0 Å². The zero-order valence-electron chi connectivity index (χ0n) is 7.20. The van der Waals surface area contributed by atoms with Gasteiger partial charge in [0.25, 0.3) is 0 Å². The van der Waals surface area contributed by atoms with Gasteiger partial charge in [0.05, 0.1) is 16.4 Å². The molecule has 0 aliphatic carbocycles. The van der Waals surface area contributed by atoms with Gasteiger partial charge in [-0.15, -0.1) is 0 Å². The predicted octanol–water partition coefficient (Wildman–Crippen LogP) is 1.68. The highest BCUT2D eigenvalue weighted by Crippen LogP contribution is 2.16. The van der Waals surface area contributed by atoms with Crippen molar-refractivity contribution >= 4 is 23.4 Å². The maximum atomic E-state index is 5.69. The maximum absolute atomic E-state index is 5.69. The number of nitrogen functional groups attached to an aromatic ring is 1. The molecule has 0 atom stereocenters. The quantitative estimate of drug-likeness (QED) is 0.775. The second kappa shape index (κ2) is 4.84. The van der Waals surface area contributed by atoms with E-state index >= 15 is 0 Å². The van der Waals surface area contributed by atoms with E-state index < -0.39 is 0 Å². The van der Waals surface area contributed by atoms with E-state index in [0.717, 1.165) is 12.1 Å². The Morgan fingerprint density at radius 3 is 2.92 bits per heavy atom. The summed E-state index contributed by atoms with van der Waals surface area (Å²) in [4.78, 5) is 4.07. The maximum Gasteiger partial charge on any atom is 0.0856 e. The van der Waals surface area contributed by atoms with Crippen molar-refractivity contribution < 1.29 is 0 Å². The number of nitrogens with zero attached hydrogens (tertiary/aromatic N) is 1. The summed E-state index contributed by atoms with van der Waals surface area (Å²) in [7, 11) is 0. The highest BCUT2D eigenvalue weighted by atomic mass is 35.5. The van der Waals surface area contributed by atoms with Gasteiger partial charge in [0, 0.05) is 6.20 Å². The first kappa shape index (κ1) is 10.0. The lowest BCUT2D eigenvalue weighted by Gasteiger charge is -1.98. The predicted molar refractivity (Wildman–Crippen MR) is 56.4 cm³/mol. The second-order valence-corrected chi connectivity index (χ2v) is 3.04. The van der Waals surface area contributed by atoms with Gasteiger partial charge in [-0.05, 0) is 25.1 Å². The van der Waals surface area contributed by atoms with E-state index in [1.807, 2.05) is 12.2 Å². The summed E-state index contributed by atoms with van der Waals surface area (Å²) >= 11 is 5.69. The fraction of sp³-hybridized carbons (Fsp3) is 0.222. The van der Waals surface area contributed by atoms with Gasteiger partial charge < -0.3 is 11.5 Å². The van der Waals surface area contributed by atoms with Gasteiger partial charge in [-0.25, -0.2) is 0 Å². The molecule has 0 bridgehead atoms. The summed E-state index contributed by atoms with van der Waals surface area (Å²) in [6.45, 7) is 0.629. The van der Waals surface area contributed by atoms with Crippen LogP contribution in [0.3, 0.4) is 0 Å². The first-order valence-electron chi connectivity index (χ1n) is 4.01. The summed E-state index contributed by atoms with van der Waals surface area (Å²) in [5, 5.41) is 0.550. The molecule has 0 unspecified atom stereocenters. The molecule has 0 amide bonds. The summed E-state index contributed by atoms with van der Waals surface area (Å²) in [6, 6.07) is 1.68. The van der Waals surface area contributed by atoms with Crippen molar-refractivity contribution in [3.05, 3.63) is 29.1 Å². The fourth-order valence-corrected chi connectivity index (χ4v) is 1.06. The molecule has 13 heavy (non-hydrogen) atoms. The van der Waals surface area contributed by atoms with Crippen molar-refractivity contribution in [3.63, 3.8) is 0 Å². The van der Waals surface area contributed by atoms with Crippen molar-refractivity contribution in [2.75, 3.05) is 12.3 Å². The lowest BCUT2D eigenvalue weighted by atomic mass is 10.2. The van der Waals surface area contributed by atoms with Gasteiger partial charge in [0.2, 0.25) is 0 Å². The van der Waals surface area contributed by atoms with Crippen LogP contribution in [0.15, 0.2) is 18.3 Å². The number of halogens is 1. The average molecular weight is 198 g/mol. The minimum atomic E-state index is 0.550. The van der Waals surface area contributed by atoms with Crippen LogP contribution in [0, 0.1) is 0 Å². The summed E-state index contributed by atoms with van der Waals surface area (Å²) in [5.41, 5.74) is 12.3. The molecular weight excluding hydrogens is 186 g/mol. The van der Waals surface area contributed by atoms with Crippen LogP contribution in [0.1, 0.15) is 12.1 Å². The van der Waals surface area contributed by atoms with E-state index in [2.05, 4.69) is 4.98 Å². The Kier molecular flexibility index (Phi) is 3.73. The molecule has 4 N–H and O–H groups in total. The highest BCUT2D eigenvalue weighted by Gasteiger charge is 1.96. The molecule has 0 saturated heterocycles. The third-order valence-electron chi connectivity index (χ3n) is 1.53. The van der Waals surface area contributed by atoms with Crippen molar-refractivity contribution in [1.29, 1.82) is 0 Å². The van der Waals surface area contributed by atoms with Gasteiger partial charge in [-0.1, -0.05) is 17.7 Å². The Morgan fingerprint density at radius 2 is 2.31 bits per heavy atom. The number of hydrogen-bond donors (Lipinski definition) is 2. The first-order chi connectivity index (χ1) is 6.24. The second-order valence-electron chi connectivity index (χ2n) is 2.61. The van der Waals surface area contributed by atoms with Crippen LogP contribution < -0.4 is 11.5 Å². The monoisotopic (exact) mass is 197 g/mol. The topological polar surface area (TPSA) is 64.9 Å². The summed E-state index contributed by atoms with van der Waals surface area (Å²) < 4.78 is 0. The molecule has 4 heteroatoms. The van der Waals surface area contributed by atoms with E-state index in [1.54, 1.807) is 12.3 Å². The zero-order valence-corrected chi connectivity index (χ0v) is 7.96. The van der Waals surface area contributed by atoms with E-state index in [4.69, 9.17) is 23.1 Å². The van der Waals surface area contributed by atoms with Crippen LogP contribution >= 0.6 is 11.6 Å². The Morgan fingerprint density at radius 1 is 1.54 bits per heavy atom. The van der Waals surface area contributed by atoms with Crippen LogP contribution in [0.25, 0.3) is 6.08 Å². The molecule has 0 fully saturated rings. The molecule has 0 radical (unpaired) electrons. The van der Waals surface area contributed by atoms with Crippen molar-refractivity contribution in [3.8, 4) is 0 Å². The van der Waals surface area contributed by atoms with E-state index in [9.17, 15) is 0 Å². The van der Waals surface area contributed by atoms with Crippen LogP contribution in [0.4, 0.5) is 5.69 Å². The molecule has 1 aromatic rings. The van der Waals surface area contributed by atoms with E-state index in [-0.39, 0.29) is 0 Å². The smallest absolute Gasteiger partial charge is 0.0856 e. The molecule has 70 valence electrons. The molecule has 1 aromatic heterocycles. The normalized spacial score (nSPS) is 10.9. The Labute approximate surface area is 82.4 Å². The minimum absolute atomic E-state index is 0.550. The first-order valence-corrected chi connectivity index (χ1v) is 4.39. The summed E-state index contributed by atoms with van der Waals surface area (Å²) in [5.74, 6) is 0. The highest BCUT2D eigenvalue weighted by molar-refractivity contribution is 6.30. The Bertz CT molecular complexity index is 310. The van der Waals surface area contributed by atoms with Crippen LogP contribution in [-0.2, 0) is 0 Å². The molecule has 1 rings (SSSR count). The number of hydrogen-bond acceptors (Lipinski definition) is 3. The molecule has 0 spiro atoms. The Hall–Kier alpha value is -1.06. The molecule has 0 aromatic carbocycles. The van der Waals surface area contributed by atoms with Crippen molar-refractivity contribution in [1.82, 2.24) is 4.98 Å². The van der Waals surface area contributed by atoms with Gasteiger partial charge in [0.1, 0.15) is 0 Å². The number of rotatable bonds is 3. The van der Waals surface area contributed by atoms with Crippen LogP contribution in [0.5, 0.6) is 0 Å². The number of anilines is 1. The summed E-state index contributed by atoms with van der Waals surface area (Å²) in [6.07, 6.45) is 6.18. The van der Waals surface area contributed by atoms with E-state index in [0.29, 0.717) is 17.3 Å². The molecule has 0 aliphatic heterocycles. The third-order valence-corrected chi connectivity index (χ3v) is 1.73. The molecule has 0 aliphatic rings. The molecule has 0 saturated carbocycles. The van der Waals surface area contributed by atoms with Gasteiger partial charge in [0.15, 0.2) is 0 Å². The average Bonchev–Trinajstić information content (AvgIpc) is 2.09. The van der Waals surface area contributed by atoms with Crippen molar-refractivity contribution in [2.24, 2.45) is 5.73 Å². The van der Waals surface area contributed by atoms with Crippen LogP contribution in [0.2, 0.25) is 5.02 Å². The minimum Gasteiger partial charge on any atom is -0.397 e.